The Balaban J connectivity index is 0.698. The number of rotatable bonds is 17. The van der Waals surface area contributed by atoms with Crippen LogP contribution in [0.2, 0.25) is 0 Å². The maximum absolute atomic E-state index is 13.6. The van der Waals surface area contributed by atoms with Crippen LogP contribution in [-0.2, 0) is 71.2 Å². The molecule has 0 aromatic heterocycles. The molecular weight excluding hydrogens is 1110 g/mol. The van der Waals surface area contributed by atoms with Gasteiger partial charge in [-0.25, -0.2) is 4.79 Å². The lowest BCUT2D eigenvalue weighted by Gasteiger charge is -2.68. The molecule has 23 nitrogen and oxygen atoms in total. The fourth-order valence-electron chi connectivity index (χ4n) is 16.7. The highest BCUT2D eigenvalue weighted by molar-refractivity contribution is 5.87. The van der Waals surface area contributed by atoms with E-state index < -0.39 is 182 Å². The van der Waals surface area contributed by atoms with Gasteiger partial charge in [0.25, 0.3) is 0 Å². The van der Waals surface area contributed by atoms with Crippen LogP contribution < -0.4 is 0 Å². The third-order valence-electron chi connectivity index (χ3n) is 21.5. The highest BCUT2D eigenvalue weighted by Crippen LogP contribution is 2.71. The summed E-state index contributed by atoms with van der Waals surface area (Å²) in [6.07, 6.45) is -12.8. The summed E-state index contributed by atoms with van der Waals surface area (Å²) in [5.74, 6) is -1.55. The molecule has 85 heavy (non-hydrogen) atoms. The van der Waals surface area contributed by atoms with Gasteiger partial charge in [-0.15, -0.1) is 0 Å². The Bertz CT molecular complexity index is 2410. The normalized spacial score (nSPS) is 50.2. The Labute approximate surface area is 497 Å². The first-order chi connectivity index (χ1) is 40.3. The van der Waals surface area contributed by atoms with E-state index in [1.54, 1.807) is 34.0 Å². The van der Waals surface area contributed by atoms with Gasteiger partial charge >= 0.3 is 5.97 Å². The summed E-state index contributed by atoms with van der Waals surface area (Å²) in [6.45, 7) is 12.0. The summed E-state index contributed by atoms with van der Waals surface area (Å²) >= 11 is 0. The first-order valence-electron chi connectivity index (χ1n) is 30.9. The maximum atomic E-state index is 13.6. The third kappa shape index (κ3) is 12.5. The Hall–Kier alpha value is -2.70. The van der Waals surface area contributed by atoms with Gasteiger partial charge in [0, 0.05) is 57.3 Å². The van der Waals surface area contributed by atoms with Crippen molar-refractivity contribution >= 4 is 17.8 Å². The first-order valence-corrected chi connectivity index (χ1v) is 30.9. The van der Waals surface area contributed by atoms with Crippen LogP contribution in [0.25, 0.3) is 6.08 Å². The number of hydrogen-bond donors (Lipinski definition) is 8. The number of hydrogen-bond acceptors (Lipinski definition) is 23. The van der Waals surface area contributed by atoms with E-state index in [1.165, 1.54) is 20.1 Å². The summed E-state index contributed by atoms with van der Waals surface area (Å²) < 4.78 is 80.8. The van der Waals surface area contributed by atoms with E-state index in [-0.39, 0.29) is 43.5 Å². The molecule has 1 aromatic carbocycles. The molecule has 10 rings (SSSR count). The smallest absolute Gasteiger partial charge is 0.331 e. The highest BCUT2D eigenvalue weighted by Gasteiger charge is 2.78. The van der Waals surface area contributed by atoms with Gasteiger partial charge in [0.15, 0.2) is 31.5 Å². The van der Waals surface area contributed by atoms with Gasteiger partial charge in [0.2, 0.25) is 0 Å². The number of ether oxygens (including phenoxy) is 13. The van der Waals surface area contributed by atoms with E-state index in [4.69, 9.17) is 61.6 Å². The van der Waals surface area contributed by atoms with E-state index in [2.05, 4.69) is 6.92 Å². The zero-order chi connectivity index (χ0) is 61.1. The summed E-state index contributed by atoms with van der Waals surface area (Å²) in [7, 11) is 3.08. The third-order valence-corrected chi connectivity index (χ3v) is 21.5. The standard InChI is InChI=1S/C62H94O23/c1-30(64)38-19-22-62(72)60(38,7)45(81-46(67)16-15-35-13-11-10-12-14-35)28-44-59(6)20-18-37(23-36(59)17-21-61(44,62)71)79-49-26-41(73-8)56(33(4)77-49)84-48-25-40(66)54(31(2)76-48)82-47-24-39(65)55(32(3)75-47)83-50-27-42(74-9)57(34(5)78-50)85-58-53(70)52(69)51(68)43(29-63)80-58/h10-16,31-34,36-45,47-58,63,65-66,68-72H,17-29H2,1-9H3. The van der Waals surface area contributed by atoms with Crippen LogP contribution in [0.15, 0.2) is 36.4 Å². The molecule has 0 amide bonds. The van der Waals surface area contributed by atoms with Gasteiger partial charge in [-0.05, 0) is 115 Å². The molecule has 480 valence electrons. The predicted octanol–water partition coefficient (Wildman–Crippen LogP) is 2.72. The van der Waals surface area contributed by atoms with Crippen molar-refractivity contribution in [2.75, 3.05) is 20.8 Å². The number of Topliss-reactive ketones (excluding diaryl/α,β-unsaturated/α-hetero) is 1. The van der Waals surface area contributed by atoms with Crippen molar-refractivity contribution in [3.8, 4) is 0 Å². The van der Waals surface area contributed by atoms with Gasteiger partial charge in [0.05, 0.1) is 67.1 Å². The fourth-order valence-corrected chi connectivity index (χ4v) is 16.7. The molecule has 4 saturated carbocycles. The van der Waals surface area contributed by atoms with Gasteiger partial charge in [-0.3, -0.25) is 4.79 Å². The molecule has 5 aliphatic heterocycles. The van der Waals surface area contributed by atoms with Crippen molar-refractivity contribution in [1.29, 1.82) is 0 Å². The van der Waals surface area contributed by atoms with Crippen LogP contribution in [-0.4, -0.2) is 226 Å². The van der Waals surface area contributed by atoms with E-state index in [0.29, 0.717) is 51.4 Å². The summed E-state index contributed by atoms with van der Waals surface area (Å²) in [6, 6.07) is 9.43. The number of carbonyl (C=O) groups is 2. The average Bonchev–Trinajstić information content (AvgIpc) is 1.65. The minimum Gasteiger partial charge on any atom is -0.458 e. The minimum atomic E-state index is -1.67. The monoisotopic (exact) mass is 1210 g/mol. The summed E-state index contributed by atoms with van der Waals surface area (Å²) in [4.78, 5) is 26.9. The Morgan fingerprint density at radius 2 is 1.16 bits per heavy atom. The number of carbonyl (C=O) groups excluding carboxylic acids is 2. The molecule has 30 atom stereocenters. The second kappa shape index (κ2) is 26.3. The summed E-state index contributed by atoms with van der Waals surface area (Å²) in [5, 5.41) is 89.7. The van der Waals surface area contributed by atoms with Crippen LogP contribution in [0.1, 0.15) is 131 Å². The summed E-state index contributed by atoms with van der Waals surface area (Å²) in [5.41, 5.74) is -3.98. The van der Waals surface area contributed by atoms with Crippen molar-refractivity contribution in [3.63, 3.8) is 0 Å². The van der Waals surface area contributed by atoms with Crippen molar-refractivity contribution in [3.05, 3.63) is 42.0 Å². The van der Waals surface area contributed by atoms with Gasteiger partial charge in [-0.2, -0.15) is 0 Å². The van der Waals surface area contributed by atoms with Crippen LogP contribution in [0.4, 0.5) is 0 Å². The molecule has 23 heteroatoms. The van der Waals surface area contributed by atoms with Crippen LogP contribution in [0.3, 0.4) is 0 Å². The van der Waals surface area contributed by atoms with Gasteiger partial charge in [0.1, 0.15) is 66.3 Å². The molecular formula is C62H94O23. The van der Waals surface area contributed by atoms with E-state index >= 15 is 0 Å². The average molecular weight is 1210 g/mol. The Morgan fingerprint density at radius 3 is 1.72 bits per heavy atom. The topological polar surface area (TPSA) is 316 Å². The van der Waals surface area contributed by atoms with Gasteiger partial charge in [-0.1, -0.05) is 44.2 Å². The number of methoxy groups -OCH3 is 2. The quantitative estimate of drug-likeness (QED) is 0.0632. The second-order valence-electron chi connectivity index (χ2n) is 26.3. The van der Waals surface area contributed by atoms with Crippen LogP contribution in [0, 0.1) is 28.6 Å². The largest absolute Gasteiger partial charge is 0.458 e. The fraction of sp³-hybridized carbons (Fsp3) is 0.839. The molecule has 5 saturated heterocycles. The molecule has 4 aliphatic carbocycles. The molecule has 1 aromatic rings. The molecule has 0 radical (unpaired) electrons. The molecule has 8 N–H and O–H groups in total. The van der Waals surface area contributed by atoms with Crippen molar-refractivity contribution in [2.45, 2.75) is 278 Å². The van der Waals surface area contributed by atoms with Crippen LogP contribution >= 0.6 is 0 Å². The zero-order valence-electron chi connectivity index (χ0n) is 50.4. The number of aliphatic hydroxyl groups excluding tert-OH is 6. The van der Waals surface area contributed by atoms with Crippen LogP contribution in [0.5, 0.6) is 0 Å². The van der Waals surface area contributed by atoms with Crippen molar-refractivity contribution in [2.24, 2.45) is 28.6 Å². The lowest BCUT2D eigenvalue weighted by Crippen LogP contribution is -2.76. The minimum absolute atomic E-state index is 0.00486. The number of ketones is 1. The van der Waals surface area contributed by atoms with Crippen molar-refractivity contribution in [1.82, 2.24) is 0 Å². The molecule has 30 unspecified atom stereocenters. The SMILES string of the molecule is COC1CC(OC2CCC3(C)C(CCC4(O)C3CC(OC(=O)C=Cc3ccccc3)C3(C)C(C(C)=O)CCC43O)C2)OC(C)C1OC1CC(O)C(OC2CC(O)C(OC3CC(OC)C(OC4OC(CO)C(O)C(O)C4O)C(C)O3)C(C)O2)C(C)O1. The Kier molecular flexibility index (Phi) is 20.2. The second-order valence-corrected chi connectivity index (χ2v) is 26.3. The number of esters is 1. The predicted molar refractivity (Wildman–Crippen MR) is 297 cm³/mol. The molecule has 9 aliphatic rings. The van der Waals surface area contributed by atoms with E-state index in [9.17, 15) is 50.4 Å². The number of aliphatic hydroxyl groups is 8. The maximum Gasteiger partial charge on any atom is 0.331 e. The molecule has 0 bridgehead atoms. The van der Waals surface area contributed by atoms with E-state index in [1.807, 2.05) is 44.2 Å². The number of benzene rings is 1. The lowest BCUT2D eigenvalue weighted by molar-refractivity contribution is -0.358. The first kappa shape index (κ1) is 65.3. The van der Waals surface area contributed by atoms with Crippen molar-refractivity contribution < 1.29 is 112 Å². The molecule has 9 fully saturated rings. The van der Waals surface area contributed by atoms with E-state index in [0.717, 1.165) is 5.56 Å². The van der Waals surface area contributed by atoms with Gasteiger partial charge < -0.3 is 102 Å². The number of fused-ring (bicyclic) bond motifs is 5. The molecule has 0 spiro atoms. The molecule has 5 heterocycles. The highest BCUT2D eigenvalue weighted by atomic mass is 16.8. The lowest BCUT2D eigenvalue weighted by atomic mass is 9.40. The Morgan fingerprint density at radius 1 is 0.624 bits per heavy atom. The zero-order valence-corrected chi connectivity index (χ0v) is 50.4.